The molecule has 1 N–H and O–H groups in total. The summed E-state index contributed by atoms with van der Waals surface area (Å²) in [7, 11) is -3.08. The van der Waals surface area contributed by atoms with Crippen LogP contribution in [0.4, 0.5) is 9.93 Å². The molecule has 0 aliphatic carbocycles. The second-order valence-electron chi connectivity index (χ2n) is 7.13. The van der Waals surface area contributed by atoms with Gasteiger partial charge in [0.1, 0.15) is 9.84 Å². The molecule has 1 unspecified atom stereocenters. The highest BCUT2D eigenvalue weighted by Gasteiger charge is 2.37. The van der Waals surface area contributed by atoms with Crippen molar-refractivity contribution in [2.45, 2.75) is 32.2 Å². The minimum atomic E-state index is -3.08. The van der Waals surface area contributed by atoms with Crippen LogP contribution >= 0.6 is 11.3 Å². The van der Waals surface area contributed by atoms with Crippen LogP contribution < -0.4 is 5.32 Å². The lowest BCUT2D eigenvalue weighted by molar-refractivity contribution is -0.130. The molecule has 1 aromatic heterocycles. The zero-order valence-corrected chi connectivity index (χ0v) is 16.6. The average Bonchev–Trinajstić information content (AvgIpc) is 3.11. The van der Waals surface area contributed by atoms with Gasteiger partial charge in [-0.1, -0.05) is 0 Å². The predicted molar refractivity (Wildman–Crippen MR) is 100.0 cm³/mol. The van der Waals surface area contributed by atoms with Crippen molar-refractivity contribution in [3.05, 3.63) is 11.1 Å². The lowest BCUT2D eigenvalue weighted by atomic mass is 10.0. The fourth-order valence-electron chi connectivity index (χ4n) is 3.66. The van der Waals surface area contributed by atoms with Crippen LogP contribution in [0.25, 0.3) is 0 Å². The lowest BCUT2D eigenvalue weighted by Gasteiger charge is -2.36. The van der Waals surface area contributed by atoms with Gasteiger partial charge in [0.05, 0.1) is 5.75 Å². The highest BCUT2D eigenvalue weighted by molar-refractivity contribution is 7.90. The van der Waals surface area contributed by atoms with Gasteiger partial charge < -0.3 is 9.80 Å². The highest BCUT2D eigenvalue weighted by atomic mass is 32.2. The second kappa shape index (κ2) is 7.51. The molecule has 1 aromatic rings. The first-order valence-electron chi connectivity index (χ1n) is 8.67. The molecule has 2 aliphatic rings. The zero-order valence-electron chi connectivity index (χ0n) is 15.0. The van der Waals surface area contributed by atoms with E-state index in [1.54, 1.807) is 11.1 Å². The van der Waals surface area contributed by atoms with E-state index in [1.165, 1.54) is 17.6 Å². The van der Waals surface area contributed by atoms with Crippen LogP contribution in [0.3, 0.4) is 0 Å². The van der Waals surface area contributed by atoms with Crippen LogP contribution in [0.5, 0.6) is 0 Å². The van der Waals surface area contributed by atoms with Gasteiger partial charge >= 0.3 is 6.03 Å². The molecule has 2 aliphatic heterocycles. The molecule has 0 spiro atoms. The molecule has 8 nitrogen and oxygen atoms in total. The Hall–Kier alpha value is -1.68. The summed E-state index contributed by atoms with van der Waals surface area (Å²) in [4.78, 5) is 33.3. The summed E-state index contributed by atoms with van der Waals surface area (Å²) in [6.07, 6.45) is 4.65. The molecule has 1 atom stereocenters. The van der Waals surface area contributed by atoms with Gasteiger partial charge in [0.2, 0.25) is 5.91 Å². The van der Waals surface area contributed by atoms with Crippen molar-refractivity contribution < 1.29 is 18.0 Å². The van der Waals surface area contributed by atoms with Crippen molar-refractivity contribution in [3.63, 3.8) is 0 Å². The molecular formula is C16H24N4O4S2. The fraction of sp³-hybridized carbons (Fsp3) is 0.688. The fourth-order valence-corrected chi connectivity index (χ4v) is 5.40. The van der Waals surface area contributed by atoms with E-state index in [0.29, 0.717) is 44.0 Å². The third kappa shape index (κ3) is 4.73. The van der Waals surface area contributed by atoms with Crippen LogP contribution in [-0.2, 0) is 14.6 Å². The van der Waals surface area contributed by atoms with Crippen LogP contribution in [0.1, 0.15) is 24.1 Å². The van der Waals surface area contributed by atoms with Gasteiger partial charge in [-0.05, 0) is 25.7 Å². The minimum Gasteiger partial charge on any atom is -0.339 e. The van der Waals surface area contributed by atoms with E-state index in [4.69, 9.17) is 0 Å². The number of carbonyl (C=O) groups is 2. The van der Waals surface area contributed by atoms with E-state index < -0.39 is 9.84 Å². The Balaban J connectivity index is 1.50. The summed E-state index contributed by atoms with van der Waals surface area (Å²) in [6.45, 7) is 3.58. The average molecular weight is 401 g/mol. The number of likely N-dealkylation sites (tertiary alicyclic amines) is 2. The van der Waals surface area contributed by atoms with Crippen LogP contribution in [0.15, 0.2) is 6.20 Å². The Labute approximate surface area is 157 Å². The first-order valence-corrected chi connectivity index (χ1v) is 11.5. The molecule has 10 heteroatoms. The van der Waals surface area contributed by atoms with E-state index >= 15 is 0 Å². The van der Waals surface area contributed by atoms with Gasteiger partial charge in [-0.3, -0.25) is 10.1 Å². The van der Waals surface area contributed by atoms with Gasteiger partial charge in [0.15, 0.2) is 5.13 Å². The summed E-state index contributed by atoms with van der Waals surface area (Å²) in [6, 6.07) is -0.0845. The standard InChI is InChI=1S/C16H24N4O4S2/c1-11-8-17-15(25-11)18-16(22)19-5-3-13(4-6-19)20-9-12(7-14(20)21)10-26(2,23)24/h8,12-13H,3-7,9-10H2,1-2H3,(H,17,18,22). The van der Waals surface area contributed by atoms with Crippen molar-refractivity contribution in [2.24, 2.45) is 5.92 Å². The second-order valence-corrected chi connectivity index (χ2v) is 10.6. The van der Waals surface area contributed by atoms with Crippen molar-refractivity contribution in [1.82, 2.24) is 14.8 Å². The van der Waals surface area contributed by atoms with Gasteiger partial charge in [-0.15, -0.1) is 11.3 Å². The van der Waals surface area contributed by atoms with Crippen LogP contribution in [-0.4, -0.2) is 72.8 Å². The van der Waals surface area contributed by atoms with E-state index in [0.717, 1.165) is 4.88 Å². The lowest BCUT2D eigenvalue weighted by Crippen LogP contribution is -2.48. The van der Waals surface area contributed by atoms with Crippen LogP contribution in [0.2, 0.25) is 0 Å². The molecule has 2 saturated heterocycles. The number of nitrogens with one attached hydrogen (secondary N) is 1. The van der Waals surface area contributed by atoms with Crippen molar-refractivity contribution in [2.75, 3.05) is 37.0 Å². The monoisotopic (exact) mass is 400 g/mol. The molecule has 0 aromatic carbocycles. The Morgan fingerprint density at radius 2 is 2.08 bits per heavy atom. The van der Waals surface area contributed by atoms with E-state index in [9.17, 15) is 18.0 Å². The summed E-state index contributed by atoms with van der Waals surface area (Å²) < 4.78 is 22.9. The highest BCUT2D eigenvalue weighted by Crippen LogP contribution is 2.27. The predicted octanol–water partition coefficient (Wildman–Crippen LogP) is 1.34. The molecule has 0 bridgehead atoms. The smallest absolute Gasteiger partial charge is 0.323 e. The summed E-state index contributed by atoms with van der Waals surface area (Å²) in [5.74, 6) is -0.0317. The number of anilines is 1. The zero-order chi connectivity index (χ0) is 18.9. The minimum absolute atomic E-state index is 0.0276. The molecule has 26 heavy (non-hydrogen) atoms. The number of nitrogens with zero attached hydrogens (tertiary/aromatic N) is 3. The number of urea groups is 1. The van der Waals surface area contributed by atoms with Gasteiger partial charge in [-0.2, -0.15) is 0 Å². The van der Waals surface area contributed by atoms with Crippen molar-refractivity contribution in [1.29, 1.82) is 0 Å². The number of carbonyl (C=O) groups excluding carboxylic acids is 2. The summed E-state index contributed by atoms with van der Waals surface area (Å²) >= 11 is 1.43. The molecule has 0 saturated carbocycles. The third-order valence-corrected chi connectivity index (χ3v) is 6.71. The van der Waals surface area contributed by atoms with Gasteiger partial charge in [0, 0.05) is 49.4 Å². The normalized spacial score (nSPS) is 22.1. The maximum atomic E-state index is 12.3. The number of aromatic nitrogens is 1. The largest absolute Gasteiger partial charge is 0.339 e. The maximum absolute atomic E-state index is 12.3. The number of sulfone groups is 1. The maximum Gasteiger partial charge on any atom is 0.323 e. The SMILES string of the molecule is Cc1cnc(NC(=O)N2CCC(N3CC(CS(C)(=O)=O)CC3=O)CC2)s1. The summed E-state index contributed by atoms with van der Waals surface area (Å²) in [5.41, 5.74) is 0. The number of hydrogen-bond acceptors (Lipinski definition) is 6. The number of aryl methyl sites for hydroxylation is 1. The Morgan fingerprint density at radius 1 is 1.38 bits per heavy atom. The third-order valence-electron chi connectivity index (χ3n) is 4.80. The Bertz CT molecular complexity index is 784. The molecular weight excluding hydrogens is 376 g/mol. The van der Waals surface area contributed by atoms with Gasteiger partial charge in [0.25, 0.3) is 0 Å². The molecule has 144 valence electrons. The number of piperidine rings is 1. The van der Waals surface area contributed by atoms with Crippen molar-refractivity contribution >= 4 is 38.2 Å². The molecule has 2 fully saturated rings. The first-order chi connectivity index (χ1) is 12.2. The number of hydrogen-bond donors (Lipinski definition) is 1. The topological polar surface area (TPSA) is 99.7 Å². The van der Waals surface area contributed by atoms with E-state index in [2.05, 4.69) is 10.3 Å². The molecule has 0 radical (unpaired) electrons. The number of amides is 3. The van der Waals surface area contributed by atoms with Gasteiger partial charge in [-0.25, -0.2) is 18.2 Å². The Kier molecular flexibility index (Phi) is 5.52. The van der Waals surface area contributed by atoms with E-state index in [1.807, 2.05) is 11.8 Å². The van der Waals surface area contributed by atoms with E-state index in [-0.39, 0.29) is 29.7 Å². The van der Waals surface area contributed by atoms with Crippen molar-refractivity contribution in [3.8, 4) is 0 Å². The molecule has 3 rings (SSSR count). The molecule has 3 heterocycles. The number of rotatable bonds is 4. The number of thiazole rings is 1. The quantitative estimate of drug-likeness (QED) is 0.822. The molecule has 3 amide bonds. The first kappa shape index (κ1) is 19.1. The summed E-state index contributed by atoms with van der Waals surface area (Å²) in [5, 5.41) is 3.40. The van der Waals surface area contributed by atoms with Crippen LogP contribution in [0, 0.1) is 12.8 Å². The Morgan fingerprint density at radius 3 is 2.65 bits per heavy atom.